The fourth-order valence-electron chi connectivity index (χ4n) is 1.26. The quantitative estimate of drug-likeness (QED) is 0.335. The first-order chi connectivity index (χ1) is 8.16. The van der Waals surface area contributed by atoms with E-state index in [4.69, 9.17) is 9.47 Å². The predicted octanol–water partition coefficient (Wildman–Crippen LogP) is 2.65. The van der Waals surface area contributed by atoms with Crippen LogP contribution >= 0.6 is 0 Å². The number of rotatable bonds is 5. The van der Waals surface area contributed by atoms with Gasteiger partial charge in [-0.25, -0.2) is 0 Å². The van der Waals surface area contributed by atoms with Crippen LogP contribution < -0.4 is 0 Å². The van der Waals surface area contributed by atoms with E-state index < -0.39 is 30.3 Å². The maximum absolute atomic E-state index is 12.1. The number of hydrogen-bond acceptors (Lipinski definition) is 3. The molecule has 9 heteroatoms. The molecule has 1 aliphatic heterocycles. The Kier molecular flexibility index (Phi) is 4.62. The van der Waals surface area contributed by atoms with Gasteiger partial charge in [-0.1, -0.05) is 12.2 Å². The van der Waals surface area contributed by atoms with Gasteiger partial charge in [-0.05, 0) is 6.42 Å². The fraction of sp³-hybridized carbons (Fsp3) is 0.778. The molecule has 1 fully saturated rings. The smallest absolute Gasteiger partial charge is 0.353 e. The molecule has 2 unspecified atom stereocenters. The van der Waals surface area contributed by atoms with Gasteiger partial charge in [-0.3, -0.25) is 0 Å². The number of hydrogen-bond donors (Lipinski definition) is 0. The molecule has 0 radical (unpaired) electrons. The highest BCUT2D eigenvalue weighted by Crippen LogP contribution is 2.33. The Morgan fingerprint density at radius 3 is 2.06 bits per heavy atom. The van der Waals surface area contributed by atoms with Crippen molar-refractivity contribution in [1.82, 2.24) is 4.90 Å². The number of nitrogens with zero attached hydrogens (tertiary/aromatic N) is 1. The molecule has 0 amide bonds. The summed E-state index contributed by atoms with van der Waals surface area (Å²) >= 11 is 0. The Bertz CT molecular complexity index is 286. The lowest BCUT2D eigenvalue weighted by atomic mass is 10.3. The molecule has 0 aromatic heterocycles. The molecule has 1 rings (SSSR count). The van der Waals surface area contributed by atoms with E-state index >= 15 is 0 Å². The minimum atomic E-state index is -5.45. The van der Waals surface area contributed by atoms with Gasteiger partial charge < -0.3 is 9.47 Å². The van der Waals surface area contributed by atoms with Crippen LogP contribution in [-0.2, 0) is 9.47 Å². The van der Waals surface area contributed by atoms with E-state index in [1.54, 1.807) is 0 Å². The van der Waals surface area contributed by atoms with Crippen molar-refractivity contribution in [2.75, 3.05) is 13.7 Å². The Morgan fingerprint density at radius 2 is 1.67 bits per heavy atom. The second-order valence-corrected chi connectivity index (χ2v) is 3.53. The molecule has 0 aliphatic carbocycles. The molecule has 0 saturated carbocycles. The molecule has 106 valence electrons. The number of ether oxygens (including phenoxy) is 2. The third-order valence-electron chi connectivity index (χ3n) is 2.20. The molecular weight excluding hydrogens is 268 g/mol. The summed E-state index contributed by atoms with van der Waals surface area (Å²) in [6.07, 6.45) is -9.40. The van der Waals surface area contributed by atoms with Gasteiger partial charge in [0.2, 0.25) is 0 Å². The van der Waals surface area contributed by atoms with Crippen molar-refractivity contribution in [1.29, 1.82) is 0 Å². The summed E-state index contributed by atoms with van der Waals surface area (Å²) in [5.41, 5.74) is 0. The van der Waals surface area contributed by atoms with Gasteiger partial charge in [0.25, 0.3) is 0 Å². The van der Waals surface area contributed by atoms with Crippen molar-refractivity contribution < 1.29 is 35.8 Å². The third-order valence-corrected chi connectivity index (χ3v) is 2.20. The van der Waals surface area contributed by atoms with Gasteiger partial charge >= 0.3 is 12.6 Å². The number of halogens is 6. The highest BCUT2D eigenvalue weighted by Gasteiger charge is 2.53. The normalized spacial score (nSPS) is 25.1. The highest BCUT2D eigenvalue weighted by molar-refractivity contribution is 4.92. The highest BCUT2D eigenvalue weighted by atomic mass is 19.4. The van der Waals surface area contributed by atoms with Crippen LogP contribution in [0.2, 0.25) is 0 Å². The molecule has 0 aromatic rings. The molecule has 1 aliphatic rings. The van der Waals surface area contributed by atoms with E-state index in [9.17, 15) is 26.3 Å². The minimum Gasteiger partial charge on any atom is -0.353 e. The van der Waals surface area contributed by atoms with Crippen LogP contribution in [0.4, 0.5) is 26.3 Å². The molecule has 3 nitrogen and oxygen atoms in total. The van der Waals surface area contributed by atoms with Gasteiger partial charge in [-0.15, -0.1) is 4.90 Å². The number of epoxide rings is 1. The van der Waals surface area contributed by atoms with E-state index in [2.05, 4.69) is 0 Å². The maximum Gasteiger partial charge on any atom is 0.467 e. The molecule has 2 atom stereocenters. The minimum absolute atomic E-state index is 0.210. The molecule has 0 spiro atoms. The predicted molar refractivity (Wildman–Crippen MR) is 48.2 cm³/mol. The van der Waals surface area contributed by atoms with Gasteiger partial charge in [0, 0.05) is 13.7 Å². The molecule has 0 bridgehead atoms. The largest absolute Gasteiger partial charge is 0.467 e. The van der Waals surface area contributed by atoms with E-state index in [1.807, 2.05) is 0 Å². The molecule has 18 heavy (non-hydrogen) atoms. The van der Waals surface area contributed by atoms with Crippen LogP contribution in [0.1, 0.15) is 6.42 Å². The lowest BCUT2D eigenvalue weighted by Gasteiger charge is -2.25. The summed E-state index contributed by atoms with van der Waals surface area (Å²) in [4.78, 5) is -1.50. The Balaban J connectivity index is 2.41. The third kappa shape index (κ3) is 4.46. The van der Waals surface area contributed by atoms with Crippen molar-refractivity contribution in [3.05, 3.63) is 12.2 Å². The van der Waals surface area contributed by atoms with Crippen molar-refractivity contribution in [2.45, 2.75) is 31.4 Å². The Labute approximate surface area is 98.9 Å². The summed E-state index contributed by atoms with van der Waals surface area (Å²) < 4.78 is 82.0. The summed E-state index contributed by atoms with van der Waals surface area (Å²) in [6, 6.07) is 0. The average Bonchev–Trinajstić information content (AvgIpc) is 2.92. The van der Waals surface area contributed by atoms with Crippen LogP contribution in [-0.4, -0.2) is 43.5 Å². The fourth-order valence-corrected chi connectivity index (χ4v) is 1.26. The van der Waals surface area contributed by atoms with Gasteiger partial charge in [-0.2, -0.15) is 26.3 Å². The van der Waals surface area contributed by atoms with E-state index in [1.165, 1.54) is 13.2 Å². The Hall–Kier alpha value is -0.800. The summed E-state index contributed by atoms with van der Waals surface area (Å²) in [5.74, 6) is 0. The Morgan fingerprint density at radius 1 is 1.11 bits per heavy atom. The lowest BCUT2D eigenvalue weighted by Crippen LogP contribution is -2.47. The van der Waals surface area contributed by atoms with Gasteiger partial charge in [0.15, 0.2) is 6.29 Å². The van der Waals surface area contributed by atoms with Crippen molar-refractivity contribution in [3.8, 4) is 0 Å². The zero-order chi connectivity index (χ0) is 14.0. The van der Waals surface area contributed by atoms with E-state index in [0.29, 0.717) is 0 Å². The van der Waals surface area contributed by atoms with Crippen molar-refractivity contribution in [2.24, 2.45) is 0 Å². The standard InChI is InChI=1S/C9H11F6NO2/c1-17-7-6(18-7)4-2-3-5-16(8(10,11)12)9(13,14)15/h2-3,6-7H,4-5H2,1H3/b3-2+. The zero-order valence-electron chi connectivity index (χ0n) is 9.26. The van der Waals surface area contributed by atoms with Crippen LogP contribution in [0.15, 0.2) is 12.2 Å². The topological polar surface area (TPSA) is 25.0 Å². The van der Waals surface area contributed by atoms with Crippen molar-refractivity contribution >= 4 is 0 Å². The van der Waals surface area contributed by atoms with Crippen molar-refractivity contribution in [3.63, 3.8) is 0 Å². The van der Waals surface area contributed by atoms with E-state index in [0.717, 1.165) is 6.08 Å². The lowest BCUT2D eigenvalue weighted by molar-refractivity contribution is -0.369. The van der Waals surface area contributed by atoms with Gasteiger partial charge in [0.1, 0.15) is 6.10 Å². The second kappa shape index (κ2) is 5.45. The molecular formula is C9H11F6NO2. The summed E-state index contributed by atoms with van der Waals surface area (Å²) in [6.45, 7) is -1.28. The summed E-state index contributed by atoms with van der Waals surface area (Å²) in [5, 5.41) is 0. The molecule has 1 saturated heterocycles. The molecule has 1 heterocycles. The first-order valence-corrected chi connectivity index (χ1v) is 4.90. The molecule has 0 N–H and O–H groups in total. The van der Waals surface area contributed by atoms with Crippen LogP contribution in [0, 0.1) is 0 Å². The zero-order valence-corrected chi connectivity index (χ0v) is 9.26. The first-order valence-electron chi connectivity index (χ1n) is 4.90. The van der Waals surface area contributed by atoms with E-state index in [-0.39, 0.29) is 12.5 Å². The summed E-state index contributed by atoms with van der Waals surface area (Å²) in [7, 11) is 1.39. The SMILES string of the molecule is COC1OC1C/C=C/CN(C(F)(F)F)C(F)(F)F. The van der Waals surface area contributed by atoms with Gasteiger partial charge in [0.05, 0.1) is 0 Å². The number of methoxy groups -OCH3 is 1. The maximum atomic E-state index is 12.1. The average molecular weight is 279 g/mol. The first kappa shape index (κ1) is 15.3. The number of alkyl halides is 6. The van der Waals surface area contributed by atoms with Crippen LogP contribution in [0.25, 0.3) is 0 Å². The van der Waals surface area contributed by atoms with Crippen LogP contribution in [0.5, 0.6) is 0 Å². The van der Waals surface area contributed by atoms with Crippen LogP contribution in [0.3, 0.4) is 0 Å². The monoisotopic (exact) mass is 279 g/mol. The second-order valence-electron chi connectivity index (χ2n) is 3.53. The molecule has 0 aromatic carbocycles.